The monoisotopic (exact) mass is 210 g/mol. The molecule has 78 valence electrons. The predicted molar refractivity (Wildman–Crippen MR) is 61.7 cm³/mol. The Balaban J connectivity index is 2.13. The summed E-state index contributed by atoms with van der Waals surface area (Å²) >= 11 is 1.80. The number of rotatable bonds is 3. The van der Waals surface area contributed by atoms with Gasteiger partial charge >= 0.3 is 0 Å². The molecule has 0 aromatic carbocycles. The van der Waals surface area contributed by atoms with E-state index in [1.54, 1.807) is 11.3 Å². The molecule has 1 aromatic rings. The third-order valence-electron chi connectivity index (χ3n) is 3.13. The first-order valence-electron chi connectivity index (χ1n) is 5.20. The second-order valence-corrected chi connectivity index (χ2v) is 4.87. The smallest absolute Gasteiger partial charge is 0.0394 e. The van der Waals surface area contributed by atoms with Gasteiger partial charge in [0, 0.05) is 6.04 Å². The number of hydrogen-bond acceptors (Lipinski definition) is 3. The minimum atomic E-state index is 0.633. The van der Waals surface area contributed by atoms with Crippen molar-refractivity contribution in [1.29, 1.82) is 0 Å². The largest absolute Gasteiger partial charge is 0.319 e. The number of nitrogens with zero attached hydrogens (tertiary/aromatic N) is 1. The van der Waals surface area contributed by atoms with Gasteiger partial charge in [-0.2, -0.15) is 11.3 Å². The Kier molecular flexibility index (Phi) is 3.21. The average Bonchev–Trinajstić information content (AvgIpc) is 2.76. The fourth-order valence-electron chi connectivity index (χ4n) is 2.47. The lowest BCUT2D eigenvalue weighted by Crippen LogP contribution is -2.26. The molecule has 0 amide bonds. The number of nitrogens with one attached hydrogen (secondary N) is 1. The molecule has 0 radical (unpaired) electrons. The van der Waals surface area contributed by atoms with Gasteiger partial charge in [0.05, 0.1) is 0 Å². The van der Waals surface area contributed by atoms with Crippen LogP contribution in [0, 0.1) is 5.92 Å². The molecule has 2 atom stereocenters. The van der Waals surface area contributed by atoms with Crippen LogP contribution in [-0.4, -0.2) is 32.1 Å². The van der Waals surface area contributed by atoms with Crippen molar-refractivity contribution in [3.8, 4) is 0 Å². The second-order valence-electron chi connectivity index (χ2n) is 4.09. The van der Waals surface area contributed by atoms with Crippen molar-refractivity contribution >= 4 is 11.3 Å². The topological polar surface area (TPSA) is 15.3 Å². The van der Waals surface area contributed by atoms with Crippen molar-refractivity contribution in [3.05, 3.63) is 22.4 Å². The van der Waals surface area contributed by atoms with E-state index in [1.165, 1.54) is 18.5 Å². The molecule has 2 unspecified atom stereocenters. The summed E-state index contributed by atoms with van der Waals surface area (Å²) < 4.78 is 0. The molecule has 0 aliphatic carbocycles. The quantitative estimate of drug-likeness (QED) is 0.820. The first-order chi connectivity index (χ1) is 6.83. The third-order valence-corrected chi connectivity index (χ3v) is 3.83. The summed E-state index contributed by atoms with van der Waals surface area (Å²) in [5.74, 6) is 0.777. The molecule has 1 fully saturated rings. The predicted octanol–water partition coefficient (Wildman–Crippen LogP) is 1.96. The molecule has 1 aliphatic heterocycles. The van der Waals surface area contributed by atoms with Crippen molar-refractivity contribution in [3.63, 3.8) is 0 Å². The molecule has 1 N–H and O–H groups in total. The van der Waals surface area contributed by atoms with Gasteiger partial charge in [0.25, 0.3) is 0 Å². The van der Waals surface area contributed by atoms with E-state index in [0.29, 0.717) is 6.04 Å². The van der Waals surface area contributed by atoms with Crippen molar-refractivity contribution < 1.29 is 0 Å². The van der Waals surface area contributed by atoms with Gasteiger partial charge in [-0.3, -0.25) is 4.90 Å². The third kappa shape index (κ3) is 1.85. The van der Waals surface area contributed by atoms with Crippen LogP contribution in [-0.2, 0) is 0 Å². The maximum absolute atomic E-state index is 3.30. The maximum Gasteiger partial charge on any atom is 0.0394 e. The van der Waals surface area contributed by atoms with Gasteiger partial charge < -0.3 is 5.32 Å². The zero-order valence-electron chi connectivity index (χ0n) is 8.86. The molecular formula is C11H18N2S. The number of hydrogen-bond donors (Lipinski definition) is 1. The highest BCUT2D eigenvalue weighted by molar-refractivity contribution is 7.07. The van der Waals surface area contributed by atoms with E-state index in [0.717, 1.165) is 12.5 Å². The lowest BCUT2D eigenvalue weighted by atomic mass is 9.96. The van der Waals surface area contributed by atoms with Crippen LogP contribution in [0.2, 0.25) is 0 Å². The molecule has 2 heterocycles. The molecule has 2 nitrogen and oxygen atoms in total. The van der Waals surface area contributed by atoms with E-state index in [1.807, 2.05) is 7.05 Å². The molecule has 14 heavy (non-hydrogen) atoms. The van der Waals surface area contributed by atoms with E-state index < -0.39 is 0 Å². The fraction of sp³-hybridized carbons (Fsp3) is 0.636. The van der Waals surface area contributed by atoms with Gasteiger partial charge in [-0.1, -0.05) is 0 Å². The van der Waals surface area contributed by atoms with Crippen LogP contribution >= 0.6 is 11.3 Å². The van der Waals surface area contributed by atoms with Crippen LogP contribution in [0.5, 0.6) is 0 Å². The van der Waals surface area contributed by atoms with Crippen molar-refractivity contribution in [1.82, 2.24) is 10.2 Å². The fourth-order valence-corrected chi connectivity index (χ4v) is 3.16. The Labute approximate surface area is 89.9 Å². The van der Waals surface area contributed by atoms with Crippen LogP contribution in [0.4, 0.5) is 0 Å². The van der Waals surface area contributed by atoms with Crippen LogP contribution in [0.3, 0.4) is 0 Å². The van der Waals surface area contributed by atoms with Crippen molar-refractivity contribution in [2.24, 2.45) is 5.92 Å². The maximum atomic E-state index is 3.30. The van der Waals surface area contributed by atoms with Crippen LogP contribution in [0.15, 0.2) is 16.8 Å². The number of likely N-dealkylation sites (tertiary alicyclic amines) is 1. The Hall–Kier alpha value is -0.380. The summed E-state index contributed by atoms with van der Waals surface area (Å²) in [5.41, 5.74) is 1.50. The molecule has 1 aliphatic rings. The SMILES string of the molecule is CNCC1CCN(C)C1c1ccsc1. The van der Waals surface area contributed by atoms with Gasteiger partial charge in [0.1, 0.15) is 0 Å². The van der Waals surface area contributed by atoms with Crippen LogP contribution in [0.25, 0.3) is 0 Å². The van der Waals surface area contributed by atoms with E-state index >= 15 is 0 Å². The van der Waals surface area contributed by atoms with Crippen LogP contribution in [0.1, 0.15) is 18.0 Å². The molecule has 3 heteroatoms. The minimum absolute atomic E-state index is 0.633. The molecule has 0 bridgehead atoms. The molecule has 0 spiro atoms. The van der Waals surface area contributed by atoms with E-state index in [4.69, 9.17) is 0 Å². The Morgan fingerprint density at radius 1 is 1.64 bits per heavy atom. The molecule has 1 saturated heterocycles. The highest BCUT2D eigenvalue weighted by Gasteiger charge is 2.32. The van der Waals surface area contributed by atoms with E-state index in [-0.39, 0.29) is 0 Å². The summed E-state index contributed by atoms with van der Waals surface area (Å²) in [5, 5.41) is 7.76. The first-order valence-corrected chi connectivity index (χ1v) is 6.14. The summed E-state index contributed by atoms with van der Waals surface area (Å²) in [6, 6.07) is 2.90. The molecular weight excluding hydrogens is 192 g/mol. The second kappa shape index (κ2) is 4.43. The number of thiophene rings is 1. The summed E-state index contributed by atoms with van der Waals surface area (Å²) in [6.45, 7) is 2.36. The molecule has 2 rings (SSSR count). The van der Waals surface area contributed by atoms with Gasteiger partial charge in [-0.15, -0.1) is 0 Å². The van der Waals surface area contributed by atoms with Gasteiger partial charge in [0.2, 0.25) is 0 Å². The van der Waals surface area contributed by atoms with Gasteiger partial charge in [-0.05, 0) is 61.9 Å². The zero-order chi connectivity index (χ0) is 9.97. The molecule has 1 aromatic heterocycles. The Morgan fingerprint density at radius 3 is 3.14 bits per heavy atom. The van der Waals surface area contributed by atoms with E-state index in [9.17, 15) is 0 Å². The Morgan fingerprint density at radius 2 is 2.50 bits per heavy atom. The van der Waals surface area contributed by atoms with E-state index in [2.05, 4.69) is 34.1 Å². The molecule has 0 saturated carbocycles. The summed E-state index contributed by atoms with van der Waals surface area (Å²) in [6.07, 6.45) is 1.32. The summed E-state index contributed by atoms with van der Waals surface area (Å²) in [4.78, 5) is 2.48. The standard InChI is InChI=1S/C11H18N2S/c1-12-7-9-3-5-13(2)11(9)10-4-6-14-8-10/h4,6,8-9,11-12H,3,5,7H2,1-2H3. The first kappa shape index (κ1) is 10.1. The zero-order valence-corrected chi connectivity index (χ0v) is 9.68. The average molecular weight is 210 g/mol. The van der Waals surface area contributed by atoms with Crippen LogP contribution < -0.4 is 5.32 Å². The van der Waals surface area contributed by atoms with Gasteiger partial charge in [-0.25, -0.2) is 0 Å². The lowest BCUT2D eigenvalue weighted by Gasteiger charge is -2.24. The van der Waals surface area contributed by atoms with Crippen molar-refractivity contribution in [2.45, 2.75) is 12.5 Å². The lowest BCUT2D eigenvalue weighted by molar-refractivity contribution is 0.275. The minimum Gasteiger partial charge on any atom is -0.319 e. The Bertz CT molecular complexity index is 269. The normalized spacial score (nSPS) is 28.4. The van der Waals surface area contributed by atoms with Crippen molar-refractivity contribution in [2.75, 3.05) is 27.2 Å². The van der Waals surface area contributed by atoms with Gasteiger partial charge in [0.15, 0.2) is 0 Å². The summed E-state index contributed by atoms with van der Waals surface area (Å²) in [7, 11) is 4.28. The highest BCUT2D eigenvalue weighted by Crippen LogP contribution is 2.36. The highest BCUT2D eigenvalue weighted by atomic mass is 32.1.